The van der Waals surface area contributed by atoms with Gasteiger partial charge in [-0.05, 0) is 12.1 Å². The van der Waals surface area contributed by atoms with E-state index in [1.165, 1.54) is 12.1 Å². The molecule has 2 N–H and O–H groups in total. The Hall–Kier alpha value is -2.18. The molecule has 0 spiro atoms. The Balaban J connectivity index is 2.55. The maximum Gasteiger partial charge on any atom is 0.416 e. The lowest BCUT2D eigenvalue weighted by Gasteiger charge is -2.08. The first-order valence-electron chi connectivity index (χ1n) is 4.83. The van der Waals surface area contributed by atoms with E-state index < -0.39 is 17.6 Å². The highest BCUT2D eigenvalue weighted by Crippen LogP contribution is 2.32. The second-order valence-electron chi connectivity index (χ2n) is 3.50. The first-order valence-corrected chi connectivity index (χ1v) is 4.83. The normalized spacial score (nSPS) is 11.6. The Morgan fingerprint density at radius 1 is 1.17 bits per heavy atom. The zero-order valence-electron chi connectivity index (χ0n) is 8.87. The number of rotatable bonds is 1. The molecule has 0 radical (unpaired) electrons. The Kier molecular flexibility index (Phi) is 2.90. The molecule has 0 aliphatic heterocycles. The molecule has 0 amide bonds. The summed E-state index contributed by atoms with van der Waals surface area (Å²) in [5.41, 5.74) is 4.14. The first kappa shape index (κ1) is 12.3. The van der Waals surface area contributed by atoms with Crippen molar-refractivity contribution < 1.29 is 17.6 Å². The van der Waals surface area contributed by atoms with Crippen molar-refractivity contribution in [2.45, 2.75) is 6.18 Å². The van der Waals surface area contributed by atoms with Crippen LogP contribution in [-0.4, -0.2) is 9.97 Å². The van der Waals surface area contributed by atoms with E-state index >= 15 is 0 Å². The molecule has 0 unspecified atom stereocenters. The number of aromatic nitrogens is 2. The zero-order valence-corrected chi connectivity index (χ0v) is 8.87. The summed E-state index contributed by atoms with van der Waals surface area (Å²) in [6, 6.07) is 4.20. The van der Waals surface area contributed by atoms with Gasteiger partial charge in [-0.3, -0.25) is 0 Å². The van der Waals surface area contributed by atoms with E-state index in [4.69, 9.17) is 5.73 Å². The number of alkyl halides is 3. The van der Waals surface area contributed by atoms with Gasteiger partial charge in [-0.1, -0.05) is 12.1 Å². The minimum atomic E-state index is -4.49. The molecule has 0 fully saturated rings. The Bertz CT molecular complexity index is 581. The van der Waals surface area contributed by atoms with Gasteiger partial charge in [0.25, 0.3) is 0 Å². The van der Waals surface area contributed by atoms with E-state index in [1.54, 1.807) is 0 Å². The van der Waals surface area contributed by atoms with E-state index in [9.17, 15) is 17.6 Å². The summed E-state index contributed by atoms with van der Waals surface area (Å²) >= 11 is 0. The van der Waals surface area contributed by atoms with Crippen molar-refractivity contribution in [2.75, 3.05) is 5.73 Å². The topological polar surface area (TPSA) is 51.8 Å². The Morgan fingerprint density at radius 3 is 2.56 bits per heavy atom. The lowest BCUT2D eigenvalue weighted by Crippen LogP contribution is -2.05. The third-order valence-corrected chi connectivity index (χ3v) is 2.23. The molecule has 1 heterocycles. The van der Waals surface area contributed by atoms with Crippen LogP contribution in [0, 0.1) is 5.82 Å². The van der Waals surface area contributed by atoms with Crippen LogP contribution >= 0.6 is 0 Å². The van der Waals surface area contributed by atoms with E-state index in [0.717, 1.165) is 18.3 Å². The summed E-state index contributed by atoms with van der Waals surface area (Å²) in [5, 5.41) is 0. The monoisotopic (exact) mass is 257 g/mol. The fourth-order valence-corrected chi connectivity index (χ4v) is 1.43. The predicted molar refractivity (Wildman–Crippen MR) is 56.8 cm³/mol. The summed E-state index contributed by atoms with van der Waals surface area (Å²) in [6.07, 6.45) is -3.68. The third-order valence-electron chi connectivity index (χ3n) is 2.23. The second-order valence-corrected chi connectivity index (χ2v) is 3.50. The Morgan fingerprint density at radius 2 is 1.89 bits per heavy atom. The second kappa shape index (κ2) is 4.25. The number of hydrogen-bond donors (Lipinski definition) is 1. The quantitative estimate of drug-likeness (QED) is 0.799. The van der Waals surface area contributed by atoms with Crippen molar-refractivity contribution in [1.29, 1.82) is 0 Å². The van der Waals surface area contributed by atoms with Gasteiger partial charge in [-0.25, -0.2) is 14.4 Å². The summed E-state index contributed by atoms with van der Waals surface area (Å²) in [5.74, 6) is -1.03. The van der Waals surface area contributed by atoms with Crippen molar-refractivity contribution >= 4 is 5.95 Å². The Labute approximate surface area is 99.3 Å². The average molecular weight is 257 g/mol. The van der Waals surface area contributed by atoms with Crippen molar-refractivity contribution in [2.24, 2.45) is 0 Å². The number of nitrogens with zero attached hydrogens (tertiary/aromatic N) is 2. The average Bonchev–Trinajstić information content (AvgIpc) is 2.31. The lowest BCUT2D eigenvalue weighted by atomic mass is 10.1. The lowest BCUT2D eigenvalue weighted by molar-refractivity contribution is -0.137. The molecular formula is C11H7F4N3. The molecule has 0 saturated heterocycles. The van der Waals surface area contributed by atoms with Crippen LogP contribution in [0.1, 0.15) is 5.56 Å². The van der Waals surface area contributed by atoms with Crippen molar-refractivity contribution in [3.05, 3.63) is 41.8 Å². The highest BCUT2D eigenvalue weighted by Gasteiger charge is 2.30. The van der Waals surface area contributed by atoms with Gasteiger partial charge in [-0.15, -0.1) is 0 Å². The largest absolute Gasteiger partial charge is 0.416 e. The van der Waals surface area contributed by atoms with Crippen LogP contribution in [0.5, 0.6) is 0 Å². The smallest absolute Gasteiger partial charge is 0.368 e. The van der Waals surface area contributed by atoms with Gasteiger partial charge < -0.3 is 5.73 Å². The SMILES string of the molecule is Nc1ncc(F)c(-c2cccc(C(F)(F)F)c2)n1. The van der Waals surface area contributed by atoms with Gasteiger partial charge in [-0.2, -0.15) is 13.2 Å². The van der Waals surface area contributed by atoms with Crippen LogP contribution in [0.15, 0.2) is 30.5 Å². The van der Waals surface area contributed by atoms with Crippen LogP contribution < -0.4 is 5.73 Å². The molecule has 0 aliphatic rings. The molecule has 2 aromatic rings. The maximum atomic E-state index is 13.4. The molecule has 1 aromatic heterocycles. The minimum Gasteiger partial charge on any atom is -0.368 e. The fourth-order valence-electron chi connectivity index (χ4n) is 1.43. The molecule has 0 saturated carbocycles. The molecule has 0 atom stereocenters. The molecule has 18 heavy (non-hydrogen) atoms. The summed E-state index contributed by atoms with van der Waals surface area (Å²) in [4.78, 5) is 7.00. The van der Waals surface area contributed by atoms with Crippen molar-refractivity contribution in [3.63, 3.8) is 0 Å². The zero-order chi connectivity index (χ0) is 13.3. The van der Waals surface area contributed by atoms with Crippen LogP contribution in [-0.2, 0) is 6.18 Å². The van der Waals surface area contributed by atoms with Crippen LogP contribution in [0.25, 0.3) is 11.3 Å². The molecule has 3 nitrogen and oxygen atoms in total. The standard InChI is InChI=1S/C11H7F4N3/c12-8-5-17-10(16)18-9(8)6-2-1-3-7(4-6)11(13,14)15/h1-5H,(H2,16,17,18). The van der Waals surface area contributed by atoms with Gasteiger partial charge in [0.2, 0.25) is 5.95 Å². The van der Waals surface area contributed by atoms with Crippen molar-refractivity contribution in [1.82, 2.24) is 9.97 Å². The molecule has 0 bridgehead atoms. The molecule has 2 rings (SSSR count). The van der Waals surface area contributed by atoms with Crippen molar-refractivity contribution in [3.8, 4) is 11.3 Å². The summed E-state index contributed by atoms with van der Waals surface area (Å²) in [6.45, 7) is 0. The summed E-state index contributed by atoms with van der Waals surface area (Å²) in [7, 11) is 0. The van der Waals surface area contributed by atoms with Crippen LogP contribution in [0.3, 0.4) is 0 Å². The molecule has 1 aromatic carbocycles. The number of hydrogen-bond acceptors (Lipinski definition) is 3. The van der Waals surface area contributed by atoms with Gasteiger partial charge in [0.05, 0.1) is 11.8 Å². The number of benzene rings is 1. The van der Waals surface area contributed by atoms with E-state index in [0.29, 0.717) is 0 Å². The van der Waals surface area contributed by atoms with Gasteiger partial charge >= 0.3 is 6.18 Å². The minimum absolute atomic E-state index is 0.00331. The van der Waals surface area contributed by atoms with E-state index in [2.05, 4.69) is 9.97 Å². The van der Waals surface area contributed by atoms with E-state index in [-0.39, 0.29) is 17.2 Å². The van der Waals surface area contributed by atoms with Crippen LogP contribution in [0.2, 0.25) is 0 Å². The summed E-state index contributed by atoms with van der Waals surface area (Å²) < 4.78 is 51.0. The fraction of sp³-hybridized carbons (Fsp3) is 0.0909. The van der Waals surface area contributed by atoms with Crippen LogP contribution in [0.4, 0.5) is 23.5 Å². The number of halogens is 4. The molecule has 7 heteroatoms. The number of nitrogens with two attached hydrogens (primary N) is 1. The number of nitrogen functional groups attached to an aromatic ring is 1. The molecule has 0 aliphatic carbocycles. The highest BCUT2D eigenvalue weighted by atomic mass is 19.4. The van der Waals surface area contributed by atoms with Gasteiger partial charge in [0.1, 0.15) is 5.69 Å². The number of anilines is 1. The van der Waals surface area contributed by atoms with Gasteiger partial charge in [0, 0.05) is 5.56 Å². The van der Waals surface area contributed by atoms with Gasteiger partial charge in [0.15, 0.2) is 5.82 Å². The first-order chi connectivity index (χ1) is 8.38. The molecule has 94 valence electrons. The van der Waals surface area contributed by atoms with E-state index in [1.807, 2.05) is 0 Å². The highest BCUT2D eigenvalue weighted by molar-refractivity contribution is 5.61. The maximum absolute atomic E-state index is 13.4. The molecular weight excluding hydrogens is 250 g/mol. The third kappa shape index (κ3) is 2.39. The predicted octanol–water partition coefficient (Wildman–Crippen LogP) is 2.88.